The molecule has 0 N–H and O–H groups in total. The predicted octanol–water partition coefficient (Wildman–Crippen LogP) is 4.51. The predicted molar refractivity (Wildman–Crippen MR) is 64.4 cm³/mol. The number of fused-ring (bicyclic) bond motifs is 1. The number of alkyl halides is 3. The molecule has 0 unspecified atom stereocenters. The molecule has 96 valence electrons. The Balaban J connectivity index is 2.02. The van der Waals surface area contributed by atoms with Gasteiger partial charge in [-0.3, -0.25) is 4.98 Å². The van der Waals surface area contributed by atoms with E-state index in [1.807, 2.05) is 18.2 Å². The molecule has 0 aliphatic heterocycles. The Morgan fingerprint density at radius 3 is 2.42 bits per heavy atom. The van der Waals surface area contributed by atoms with Crippen LogP contribution in [0.2, 0.25) is 0 Å². The Morgan fingerprint density at radius 1 is 1.00 bits per heavy atom. The summed E-state index contributed by atoms with van der Waals surface area (Å²) in [6, 6.07) is 11.5. The minimum atomic E-state index is -4.42. The van der Waals surface area contributed by atoms with Crippen LogP contribution < -0.4 is 0 Å². The average molecular weight is 263 g/mol. The smallest absolute Gasteiger partial charge is 0.433 e. The maximum absolute atomic E-state index is 12.4. The van der Waals surface area contributed by atoms with Gasteiger partial charge in [-0.15, -0.1) is 0 Å². The summed E-state index contributed by atoms with van der Waals surface area (Å²) in [6.07, 6.45) is -3.26. The van der Waals surface area contributed by atoms with Crippen molar-refractivity contribution in [1.29, 1.82) is 0 Å². The van der Waals surface area contributed by atoms with Gasteiger partial charge in [0.05, 0.1) is 0 Å². The highest BCUT2D eigenvalue weighted by Gasteiger charge is 2.32. The highest BCUT2D eigenvalue weighted by atomic mass is 19.4. The van der Waals surface area contributed by atoms with Crippen LogP contribution in [-0.4, -0.2) is 4.98 Å². The van der Waals surface area contributed by atoms with Crippen LogP contribution in [0.1, 0.15) is 5.69 Å². The van der Waals surface area contributed by atoms with Gasteiger partial charge in [0.15, 0.2) is 0 Å². The highest BCUT2D eigenvalue weighted by Crippen LogP contribution is 2.31. The van der Waals surface area contributed by atoms with E-state index in [-0.39, 0.29) is 0 Å². The molecule has 5 heteroatoms. The highest BCUT2D eigenvalue weighted by molar-refractivity contribution is 5.82. The molecule has 0 fully saturated rings. The summed E-state index contributed by atoms with van der Waals surface area (Å²) >= 11 is 0. The van der Waals surface area contributed by atoms with E-state index in [1.165, 1.54) is 12.3 Å². The molecule has 0 saturated carbocycles. The van der Waals surface area contributed by atoms with E-state index < -0.39 is 11.9 Å². The number of pyridine rings is 1. The monoisotopic (exact) mass is 263 g/mol. The van der Waals surface area contributed by atoms with Crippen molar-refractivity contribution in [3.05, 3.63) is 54.4 Å². The second-order valence-electron chi connectivity index (χ2n) is 4.08. The number of para-hydroxylation sites is 1. The van der Waals surface area contributed by atoms with Crippen LogP contribution >= 0.6 is 0 Å². The number of furan rings is 1. The number of benzene rings is 1. The molecule has 0 spiro atoms. The minimum Gasteiger partial charge on any atom is -0.456 e. The summed E-state index contributed by atoms with van der Waals surface area (Å²) in [6.45, 7) is 0. The molecule has 3 aromatic rings. The summed E-state index contributed by atoms with van der Waals surface area (Å²) in [5, 5.41) is 0.900. The third-order valence-electron chi connectivity index (χ3n) is 2.76. The second kappa shape index (κ2) is 4.12. The molecule has 0 aliphatic carbocycles. The molecule has 1 aromatic carbocycles. The first-order chi connectivity index (χ1) is 9.04. The maximum Gasteiger partial charge on any atom is 0.433 e. The Morgan fingerprint density at radius 2 is 1.79 bits per heavy atom. The number of rotatable bonds is 1. The van der Waals surface area contributed by atoms with Gasteiger partial charge in [-0.1, -0.05) is 18.2 Å². The number of hydrogen-bond acceptors (Lipinski definition) is 2. The lowest BCUT2D eigenvalue weighted by Crippen LogP contribution is -2.07. The molecule has 19 heavy (non-hydrogen) atoms. The van der Waals surface area contributed by atoms with Gasteiger partial charge in [-0.05, 0) is 24.3 Å². The van der Waals surface area contributed by atoms with E-state index in [1.54, 1.807) is 12.1 Å². The molecule has 0 bridgehead atoms. The van der Waals surface area contributed by atoms with Gasteiger partial charge in [0.25, 0.3) is 0 Å². The van der Waals surface area contributed by atoms with Crippen LogP contribution in [0.25, 0.3) is 22.3 Å². The van der Waals surface area contributed by atoms with Gasteiger partial charge in [-0.25, -0.2) is 0 Å². The number of hydrogen-bond donors (Lipinski definition) is 0. The summed E-state index contributed by atoms with van der Waals surface area (Å²) in [7, 11) is 0. The Bertz CT molecular complexity index is 680. The van der Waals surface area contributed by atoms with Gasteiger partial charge in [0.1, 0.15) is 17.0 Å². The second-order valence-corrected chi connectivity index (χ2v) is 4.08. The van der Waals surface area contributed by atoms with Crippen LogP contribution in [0.5, 0.6) is 0 Å². The van der Waals surface area contributed by atoms with Crippen molar-refractivity contribution in [2.75, 3.05) is 0 Å². The first-order valence-corrected chi connectivity index (χ1v) is 5.56. The largest absolute Gasteiger partial charge is 0.456 e. The van der Waals surface area contributed by atoms with Crippen LogP contribution in [0.4, 0.5) is 13.2 Å². The van der Waals surface area contributed by atoms with Crippen molar-refractivity contribution >= 4 is 11.0 Å². The van der Waals surface area contributed by atoms with Crippen LogP contribution in [0.15, 0.2) is 53.1 Å². The molecule has 0 atom stereocenters. The van der Waals surface area contributed by atoms with E-state index in [2.05, 4.69) is 4.98 Å². The topological polar surface area (TPSA) is 26.0 Å². The van der Waals surface area contributed by atoms with Crippen molar-refractivity contribution in [3.8, 4) is 11.3 Å². The van der Waals surface area contributed by atoms with Gasteiger partial charge < -0.3 is 4.42 Å². The van der Waals surface area contributed by atoms with Gasteiger partial charge >= 0.3 is 6.18 Å². The molecule has 2 aromatic heterocycles. The molecule has 0 aliphatic rings. The van der Waals surface area contributed by atoms with Crippen LogP contribution in [-0.2, 0) is 6.18 Å². The quantitative estimate of drug-likeness (QED) is 0.645. The summed E-state index contributed by atoms with van der Waals surface area (Å²) in [5.74, 6) is 0.502. The van der Waals surface area contributed by atoms with Gasteiger partial charge in [0.2, 0.25) is 0 Å². The lowest BCUT2D eigenvalue weighted by Gasteiger charge is -2.05. The van der Waals surface area contributed by atoms with Gasteiger partial charge in [0, 0.05) is 17.1 Å². The SMILES string of the molecule is FC(F)(F)c1ccc(-c2cc3ccccc3o2)cn1. The molecule has 2 heterocycles. The first kappa shape index (κ1) is 11.8. The fourth-order valence-electron chi connectivity index (χ4n) is 1.83. The molecule has 0 radical (unpaired) electrons. The molecular formula is C14H8F3NO. The normalized spacial score (nSPS) is 11.9. The van der Waals surface area contributed by atoms with Crippen LogP contribution in [0.3, 0.4) is 0 Å². The standard InChI is InChI=1S/C14H8F3NO/c15-14(16,17)13-6-5-10(8-18-13)12-7-9-3-1-2-4-11(9)19-12/h1-8H. The van der Waals surface area contributed by atoms with Crippen molar-refractivity contribution in [1.82, 2.24) is 4.98 Å². The summed E-state index contributed by atoms with van der Waals surface area (Å²) in [5.41, 5.74) is 0.300. The Labute approximate surface area is 106 Å². The van der Waals surface area contributed by atoms with Crippen LogP contribution in [0, 0.1) is 0 Å². The van der Waals surface area contributed by atoms with E-state index >= 15 is 0 Å². The minimum absolute atomic E-state index is 0.502. The molecule has 0 saturated heterocycles. The lowest BCUT2D eigenvalue weighted by molar-refractivity contribution is -0.141. The summed E-state index contributed by atoms with van der Waals surface area (Å²) < 4.78 is 42.8. The van der Waals surface area contributed by atoms with Crippen molar-refractivity contribution in [2.24, 2.45) is 0 Å². The number of halogens is 3. The average Bonchev–Trinajstić information content (AvgIpc) is 2.81. The fraction of sp³-hybridized carbons (Fsp3) is 0.0714. The van der Waals surface area contributed by atoms with E-state index in [4.69, 9.17) is 4.42 Å². The Kier molecular flexibility index (Phi) is 2.55. The van der Waals surface area contributed by atoms with Crippen molar-refractivity contribution < 1.29 is 17.6 Å². The van der Waals surface area contributed by atoms with Gasteiger partial charge in [-0.2, -0.15) is 13.2 Å². The zero-order chi connectivity index (χ0) is 13.5. The van der Waals surface area contributed by atoms with E-state index in [9.17, 15) is 13.2 Å². The Hall–Kier alpha value is -2.30. The molecule has 2 nitrogen and oxygen atoms in total. The number of nitrogens with zero attached hydrogens (tertiary/aromatic N) is 1. The molecular weight excluding hydrogens is 255 g/mol. The van der Waals surface area contributed by atoms with Crippen molar-refractivity contribution in [3.63, 3.8) is 0 Å². The zero-order valence-corrected chi connectivity index (χ0v) is 9.61. The summed E-state index contributed by atoms with van der Waals surface area (Å²) in [4.78, 5) is 3.41. The zero-order valence-electron chi connectivity index (χ0n) is 9.61. The van der Waals surface area contributed by atoms with E-state index in [0.29, 0.717) is 16.9 Å². The molecule has 0 amide bonds. The first-order valence-electron chi connectivity index (χ1n) is 5.56. The third kappa shape index (κ3) is 2.19. The van der Waals surface area contributed by atoms with E-state index in [0.717, 1.165) is 11.5 Å². The molecule has 3 rings (SSSR count). The van der Waals surface area contributed by atoms with Crippen molar-refractivity contribution in [2.45, 2.75) is 6.18 Å². The fourth-order valence-corrected chi connectivity index (χ4v) is 1.83. The maximum atomic E-state index is 12.4. The third-order valence-corrected chi connectivity index (χ3v) is 2.76. The lowest BCUT2D eigenvalue weighted by atomic mass is 10.2. The number of aromatic nitrogens is 1.